The van der Waals surface area contributed by atoms with Crippen LogP contribution in [0, 0.1) is 17.3 Å². The van der Waals surface area contributed by atoms with Gasteiger partial charge >= 0.3 is 0 Å². The molecule has 4 heteroatoms. The fourth-order valence-corrected chi connectivity index (χ4v) is 6.65. The van der Waals surface area contributed by atoms with Crippen LogP contribution in [0.4, 0.5) is 0 Å². The first-order chi connectivity index (χ1) is 9.45. The Labute approximate surface area is 133 Å². The monoisotopic (exact) mass is 320 g/mol. The number of hydrogen-bond acceptors (Lipinski definition) is 4. The van der Waals surface area contributed by atoms with Crippen molar-refractivity contribution in [3.63, 3.8) is 0 Å². The predicted octanol–water partition coefficient (Wildman–Crippen LogP) is 4.96. The number of hydrogen-bond donors (Lipinski definition) is 1. The largest absolute Gasteiger partial charge is 0.392 e. The van der Waals surface area contributed by atoms with E-state index in [0.717, 1.165) is 12.8 Å². The summed E-state index contributed by atoms with van der Waals surface area (Å²) in [5.41, 5.74) is 0.526. The Balaban J connectivity index is 2.46. The lowest BCUT2D eigenvalue weighted by atomic mass is 9.79. The highest BCUT2D eigenvalue weighted by molar-refractivity contribution is 8.77. The van der Waals surface area contributed by atoms with Crippen LogP contribution in [0.25, 0.3) is 0 Å². The Bertz CT molecular complexity index is 282. The molecule has 20 heavy (non-hydrogen) atoms. The molecule has 0 spiro atoms. The summed E-state index contributed by atoms with van der Waals surface area (Å²) in [6.07, 6.45) is 4.56. The third-order valence-electron chi connectivity index (χ3n) is 5.04. The lowest BCUT2D eigenvalue weighted by Crippen LogP contribution is -2.19. The molecule has 2 nitrogen and oxygen atoms in total. The summed E-state index contributed by atoms with van der Waals surface area (Å²) in [6.45, 7) is 11.3. The molecule has 0 bridgehead atoms. The van der Waals surface area contributed by atoms with Crippen LogP contribution in [0.2, 0.25) is 0 Å². The molecule has 1 aliphatic carbocycles. The zero-order valence-electron chi connectivity index (χ0n) is 13.9. The molecule has 120 valence electrons. The Morgan fingerprint density at radius 1 is 1.25 bits per heavy atom. The second-order valence-corrected chi connectivity index (χ2v) is 8.95. The molecule has 1 fully saturated rings. The number of rotatable bonds is 10. The van der Waals surface area contributed by atoms with E-state index in [4.69, 9.17) is 4.74 Å². The highest BCUT2D eigenvalue weighted by Crippen LogP contribution is 2.58. The van der Waals surface area contributed by atoms with Gasteiger partial charge in [0.05, 0.1) is 6.10 Å². The molecular weight excluding hydrogens is 288 g/mol. The standard InChI is InChI=1S/C16H32O2S2/c1-7-10-11(4)15(18-6)20-19-14-12(13(14)17)16(5,8-2)9-3/h11-15,17H,7-10H2,1-6H3. The third kappa shape index (κ3) is 4.31. The Morgan fingerprint density at radius 3 is 2.30 bits per heavy atom. The summed E-state index contributed by atoms with van der Waals surface area (Å²) in [7, 11) is 5.46. The average Bonchev–Trinajstić information content (AvgIpc) is 3.10. The van der Waals surface area contributed by atoms with Crippen molar-refractivity contribution in [3.05, 3.63) is 0 Å². The molecule has 1 aliphatic rings. The van der Waals surface area contributed by atoms with Gasteiger partial charge in [0.25, 0.3) is 0 Å². The lowest BCUT2D eigenvalue weighted by Gasteiger charge is -2.27. The van der Waals surface area contributed by atoms with Crippen LogP contribution in [-0.2, 0) is 4.74 Å². The van der Waals surface area contributed by atoms with Gasteiger partial charge in [0.1, 0.15) is 5.44 Å². The summed E-state index contributed by atoms with van der Waals surface area (Å²) in [5, 5.41) is 10.6. The van der Waals surface area contributed by atoms with Gasteiger partial charge in [0, 0.05) is 18.3 Å². The molecule has 0 aromatic carbocycles. The van der Waals surface area contributed by atoms with Crippen LogP contribution >= 0.6 is 21.6 Å². The molecule has 0 aliphatic heterocycles. The number of methoxy groups -OCH3 is 1. The lowest BCUT2D eigenvalue weighted by molar-refractivity contribution is 0.126. The van der Waals surface area contributed by atoms with Crippen molar-refractivity contribution >= 4 is 21.6 Å². The second kappa shape index (κ2) is 8.30. The van der Waals surface area contributed by atoms with Gasteiger partial charge in [0.2, 0.25) is 0 Å². The summed E-state index contributed by atoms with van der Waals surface area (Å²) in [5.74, 6) is 1.02. The van der Waals surface area contributed by atoms with Gasteiger partial charge in [-0.15, -0.1) is 0 Å². The molecule has 1 N–H and O–H groups in total. The summed E-state index contributed by atoms with van der Waals surface area (Å²) in [6, 6.07) is 0. The van der Waals surface area contributed by atoms with E-state index in [9.17, 15) is 5.11 Å². The molecule has 0 aromatic heterocycles. The minimum atomic E-state index is -0.128. The van der Waals surface area contributed by atoms with Crippen LogP contribution < -0.4 is 0 Å². The van der Waals surface area contributed by atoms with Crippen molar-refractivity contribution in [2.24, 2.45) is 17.3 Å². The fourth-order valence-electron chi connectivity index (χ4n) is 2.99. The van der Waals surface area contributed by atoms with Gasteiger partial charge in [-0.3, -0.25) is 0 Å². The minimum absolute atomic E-state index is 0.128. The van der Waals surface area contributed by atoms with Gasteiger partial charge in [-0.1, -0.05) is 75.5 Å². The maximum absolute atomic E-state index is 10.2. The number of aliphatic hydroxyl groups excluding tert-OH is 1. The van der Waals surface area contributed by atoms with E-state index >= 15 is 0 Å². The van der Waals surface area contributed by atoms with E-state index in [0.29, 0.717) is 17.1 Å². The molecule has 1 saturated carbocycles. The van der Waals surface area contributed by atoms with Crippen molar-refractivity contribution in [3.8, 4) is 0 Å². The SMILES string of the molecule is CCCC(C)C(OC)SSC1C(O)C1C(C)(CC)CC. The van der Waals surface area contributed by atoms with E-state index in [1.807, 2.05) is 21.6 Å². The molecule has 5 atom stereocenters. The van der Waals surface area contributed by atoms with E-state index in [2.05, 4.69) is 34.6 Å². The molecular formula is C16H32O2S2. The first-order valence-electron chi connectivity index (χ1n) is 7.98. The molecule has 0 heterocycles. The maximum atomic E-state index is 10.2. The van der Waals surface area contributed by atoms with Crippen molar-refractivity contribution in [2.45, 2.75) is 77.1 Å². The van der Waals surface area contributed by atoms with Gasteiger partial charge < -0.3 is 9.84 Å². The molecule has 0 saturated heterocycles. The van der Waals surface area contributed by atoms with Crippen molar-refractivity contribution < 1.29 is 9.84 Å². The molecule has 0 radical (unpaired) electrons. The van der Waals surface area contributed by atoms with E-state index in [1.165, 1.54) is 12.8 Å². The number of aliphatic hydroxyl groups is 1. The van der Waals surface area contributed by atoms with E-state index in [1.54, 1.807) is 7.11 Å². The molecule has 5 unspecified atom stereocenters. The number of ether oxygens (including phenoxy) is 1. The van der Waals surface area contributed by atoms with Crippen molar-refractivity contribution in [1.29, 1.82) is 0 Å². The van der Waals surface area contributed by atoms with Crippen LogP contribution in [0.15, 0.2) is 0 Å². The van der Waals surface area contributed by atoms with Crippen molar-refractivity contribution in [2.75, 3.05) is 7.11 Å². The Morgan fingerprint density at radius 2 is 1.85 bits per heavy atom. The topological polar surface area (TPSA) is 29.5 Å². The summed E-state index contributed by atoms with van der Waals surface area (Å²) in [4.78, 5) is 0. The van der Waals surface area contributed by atoms with Gasteiger partial charge in [0.15, 0.2) is 0 Å². The predicted molar refractivity (Wildman–Crippen MR) is 92.0 cm³/mol. The fraction of sp³-hybridized carbons (Fsp3) is 1.00. The van der Waals surface area contributed by atoms with Crippen LogP contribution in [0.5, 0.6) is 0 Å². The van der Waals surface area contributed by atoms with Crippen LogP contribution in [0.3, 0.4) is 0 Å². The van der Waals surface area contributed by atoms with E-state index in [-0.39, 0.29) is 17.0 Å². The maximum Gasteiger partial charge on any atom is 0.115 e. The quantitative estimate of drug-likeness (QED) is 0.455. The van der Waals surface area contributed by atoms with Crippen molar-refractivity contribution in [1.82, 2.24) is 0 Å². The van der Waals surface area contributed by atoms with Crippen LogP contribution in [-0.4, -0.2) is 29.0 Å². The third-order valence-corrected chi connectivity index (χ3v) is 8.36. The Kier molecular flexibility index (Phi) is 7.75. The molecule has 1 rings (SSSR count). The Hall–Kier alpha value is 0.620. The normalized spacial score (nSPS) is 29.2. The summed E-state index contributed by atoms with van der Waals surface area (Å²) < 4.78 is 5.61. The first kappa shape index (κ1) is 18.7. The minimum Gasteiger partial charge on any atom is -0.392 e. The smallest absolute Gasteiger partial charge is 0.115 e. The molecule has 0 aromatic rings. The second-order valence-electron chi connectivity index (χ2n) is 6.40. The van der Waals surface area contributed by atoms with E-state index < -0.39 is 0 Å². The highest BCUT2D eigenvalue weighted by atomic mass is 33.1. The zero-order valence-corrected chi connectivity index (χ0v) is 15.5. The zero-order chi connectivity index (χ0) is 15.3. The summed E-state index contributed by atoms with van der Waals surface area (Å²) >= 11 is 0. The first-order valence-corrected chi connectivity index (χ1v) is 10.3. The average molecular weight is 321 g/mol. The highest BCUT2D eigenvalue weighted by Gasteiger charge is 2.58. The van der Waals surface area contributed by atoms with Crippen LogP contribution in [0.1, 0.15) is 60.3 Å². The van der Waals surface area contributed by atoms with Gasteiger partial charge in [-0.05, 0) is 17.8 Å². The van der Waals surface area contributed by atoms with Gasteiger partial charge in [-0.25, -0.2) is 0 Å². The van der Waals surface area contributed by atoms with Gasteiger partial charge in [-0.2, -0.15) is 0 Å². The molecule has 0 amide bonds.